The molecule has 0 saturated heterocycles. The fraction of sp³-hybridized carbons (Fsp3) is 0.188. The number of rotatable bonds is 4. The molecule has 0 aliphatic rings. The molecule has 116 valence electrons. The first-order valence-electron chi connectivity index (χ1n) is 6.49. The predicted octanol–water partition coefficient (Wildman–Crippen LogP) is 5.00. The van der Waals surface area contributed by atoms with E-state index in [0.717, 1.165) is 10.0 Å². The van der Waals surface area contributed by atoms with E-state index in [-0.39, 0.29) is 11.7 Å². The molecule has 0 unspecified atom stereocenters. The molecule has 1 amide bonds. The summed E-state index contributed by atoms with van der Waals surface area (Å²) in [6.07, 6.45) is -3.24. The van der Waals surface area contributed by atoms with Crippen molar-refractivity contribution >= 4 is 27.5 Å². The van der Waals surface area contributed by atoms with E-state index in [0.29, 0.717) is 18.2 Å². The summed E-state index contributed by atoms with van der Waals surface area (Å²) in [5.74, 6) is -0.241. The molecule has 0 aliphatic heterocycles. The van der Waals surface area contributed by atoms with Crippen molar-refractivity contribution in [2.45, 2.75) is 20.0 Å². The number of alkyl halides is 2. The Morgan fingerprint density at radius 1 is 1.18 bits per heavy atom. The number of hydrogen-bond donors (Lipinski definition) is 1. The number of halogens is 3. The Balaban J connectivity index is 2.07. The second-order valence-electron chi connectivity index (χ2n) is 4.85. The van der Waals surface area contributed by atoms with Crippen molar-refractivity contribution in [3.05, 3.63) is 58.1 Å². The summed E-state index contributed by atoms with van der Waals surface area (Å²) in [7, 11) is 0. The maximum Gasteiger partial charge on any atom is 0.394 e. The molecule has 0 aromatic heterocycles. The van der Waals surface area contributed by atoms with Crippen LogP contribution in [0.3, 0.4) is 0 Å². The van der Waals surface area contributed by atoms with E-state index in [1.807, 2.05) is 6.92 Å². The molecule has 2 rings (SSSR count). The van der Waals surface area contributed by atoms with E-state index >= 15 is 0 Å². The average molecular weight is 370 g/mol. The van der Waals surface area contributed by atoms with Crippen LogP contribution in [0.2, 0.25) is 0 Å². The lowest BCUT2D eigenvalue weighted by Gasteiger charge is -2.13. The second kappa shape index (κ2) is 6.44. The summed E-state index contributed by atoms with van der Waals surface area (Å²) in [5, 5.41) is 2.70. The zero-order valence-corrected chi connectivity index (χ0v) is 13.6. The molecule has 0 heterocycles. The van der Waals surface area contributed by atoms with Gasteiger partial charge in [0.15, 0.2) is 0 Å². The smallest absolute Gasteiger partial charge is 0.394 e. The molecule has 2 aromatic carbocycles. The van der Waals surface area contributed by atoms with Gasteiger partial charge >= 0.3 is 6.11 Å². The van der Waals surface area contributed by atoms with Crippen LogP contribution >= 0.6 is 15.9 Å². The van der Waals surface area contributed by atoms with Crippen LogP contribution in [-0.2, 0) is 0 Å². The summed E-state index contributed by atoms with van der Waals surface area (Å²) >= 11 is 3.37. The maximum atomic E-state index is 12.7. The molecular formula is C16H14BrF2NO2. The number of aryl methyl sites for hydroxylation is 1. The molecule has 22 heavy (non-hydrogen) atoms. The van der Waals surface area contributed by atoms with Crippen molar-refractivity contribution in [1.82, 2.24) is 0 Å². The van der Waals surface area contributed by atoms with Crippen LogP contribution in [0, 0.1) is 6.92 Å². The number of anilines is 1. The van der Waals surface area contributed by atoms with Gasteiger partial charge in [0.2, 0.25) is 0 Å². The highest BCUT2D eigenvalue weighted by Gasteiger charge is 2.22. The van der Waals surface area contributed by atoms with Crippen molar-refractivity contribution in [3.8, 4) is 5.75 Å². The number of nitrogens with one attached hydrogen (secondary N) is 1. The third-order valence-electron chi connectivity index (χ3n) is 2.83. The molecule has 0 radical (unpaired) electrons. The lowest BCUT2D eigenvalue weighted by Crippen LogP contribution is -2.19. The number of benzene rings is 2. The third kappa shape index (κ3) is 4.53. The molecule has 0 aliphatic carbocycles. The van der Waals surface area contributed by atoms with Crippen LogP contribution in [0.1, 0.15) is 22.8 Å². The highest BCUT2D eigenvalue weighted by Crippen LogP contribution is 2.23. The van der Waals surface area contributed by atoms with E-state index in [9.17, 15) is 13.6 Å². The molecule has 3 nitrogen and oxygen atoms in total. The number of hydrogen-bond acceptors (Lipinski definition) is 2. The zero-order chi connectivity index (χ0) is 16.3. The van der Waals surface area contributed by atoms with Crippen molar-refractivity contribution in [1.29, 1.82) is 0 Å². The third-order valence-corrected chi connectivity index (χ3v) is 3.72. The van der Waals surface area contributed by atoms with E-state index in [1.54, 1.807) is 18.2 Å². The Kier molecular flexibility index (Phi) is 4.81. The standard InChI is InChI=1S/C16H14BrF2NO2/c1-10-9-11(3-8-14(10)17)15(21)20-12-4-6-13(7-5-12)22-16(2,18)19/h3-9H,1-2H3,(H,20,21). The second-order valence-corrected chi connectivity index (χ2v) is 5.71. The number of ether oxygens (including phenoxy) is 1. The van der Waals surface area contributed by atoms with Crippen LogP contribution in [-0.4, -0.2) is 12.0 Å². The van der Waals surface area contributed by atoms with E-state index in [2.05, 4.69) is 26.0 Å². The van der Waals surface area contributed by atoms with E-state index < -0.39 is 6.11 Å². The minimum Gasteiger partial charge on any atom is -0.433 e. The first kappa shape index (κ1) is 16.4. The van der Waals surface area contributed by atoms with E-state index in [1.165, 1.54) is 24.3 Å². The number of carbonyl (C=O) groups excluding carboxylic acids is 1. The number of amides is 1. The zero-order valence-electron chi connectivity index (χ0n) is 12.0. The van der Waals surface area contributed by atoms with Gasteiger partial charge in [0.1, 0.15) is 5.75 Å². The predicted molar refractivity (Wildman–Crippen MR) is 84.5 cm³/mol. The molecule has 0 atom stereocenters. The van der Waals surface area contributed by atoms with Crippen LogP contribution in [0.4, 0.5) is 14.5 Å². The fourth-order valence-corrected chi connectivity index (χ4v) is 2.05. The average Bonchev–Trinajstić information content (AvgIpc) is 2.42. The van der Waals surface area contributed by atoms with Crippen LogP contribution < -0.4 is 10.1 Å². The normalized spacial score (nSPS) is 11.1. The molecule has 0 fully saturated rings. The Morgan fingerprint density at radius 3 is 2.36 bits per heavy atom. The lowest BCUT2D eigenvalue weighted by atomic mass is 10.1. The van der Waals surface area contributed by atoms with Crippen LogP contribution in [0.5, 0.6) is 5.75 Å². The van der Waals surface area contributed by atoms with Crippen molar-refractivity contribution in [2.24, 2.45) is 0 Å². The van der Waals surface area contributed by atoms with Crippen molar-refractivity contribution in [3.63, 3.8) is 0 Å². The largest absolute Gasteiger partial charge is 0.433 e. The van der Waals surface area contributed by atoms with Crippen LogP contribution in [0.15, 0.2) is 46.9 Å². The minimum atomic E-state index is -3.24. The van der Waals surface area contributed by atoms with Crippen LogP contribution in [0.25, 0.3) is 0 Å². The van der Waals surface area contributed by atoms with Gasteiger partial charge < -0.3 is 10.1 Å². The van der Waals surface area contributed by atoms with Gasteiger partial charge in [-0.25, -0.2) is 0 Å². The molecule has 0 saturated carbocycles. The molecule has 0 bridgehead atoms. The van der Waals surface area contributed by atoms with Gasteiger partial charge in [-0.1, -0.05) is 15.9 Å². The summed E-state index contributed by atoms with van der Waals surface area (Å²) < 4.78 is 30.8. The highest BCUT2D eigenvalue weighted by atomic mass is 79.9. The Hall–Kier alpha value is -1.95. The van der Waals surface area contributed by atoms with Gasteiger partial charge in [0.05, 0.1) is 0 Å². The quantitative estimate of drug-likeness (QED) is 0.823. The topological polar surface area (TPSA) is 38.3 Å². The van der Waals surface area contributed by atoms with Gasteiger partial charge in [-0.05, 0) is 55.0 Å². The van der Waals surface area contributed by atoms with Gasteiger partial charge in [-0.15, -0.1) is 0 Å². The number of carbonyl (C=O) groups is 1. The van der Waals surface area contributed by atoms with Gasteiger partial charge in [0.25, 0.3) is 5.91 Å². The fourth-order valence-electron chi connectivity index (χ4n) is 1.80. The molecule has 1 N–H and O–H groups in total. The maximum absolute atomic E-state index is 12.7. The Bertz CT molecular complexity index is 682. The molecule has 0 spiro atoms. The summed E-state index contributed by atoms with van der Waals surface area (Å²) in [6, 6.07) is 11.0. The van der Waals surface area contributed by atoms with E-state index in [4.69, 9.17) is 0 Å². The molecular weight excluding hydrogens is 356 g/mol. The minimum absolute atomic E-state index is 0.0324. The van der Waals surface area contributed by atoms with Gasteiger partial charge in [-0.3, -0.25) is 4.79 Å². The van der Waals surface area contributed by atoms with Crippen molar-refractivity contribution < 1.29 is 18.3 Å². The monoisotopic (exact) mass is 369 g/mol. The first-order chi connectivity index (χ1) is 10.2. The SMILES string of the molecule is Cc1cc(C(=O)Nc2ccc(OC(C)(F)F)cc2)ccc1Br. The molecule has 6 heteroatoms. The highest BCUT2D eigenvalue weighted by molar-refractivity contribution is 9.10. The lowest BCUT2D eigenvalue weighted by molar-refractivity contribution is -0.158. The Labute approximate surface area is 135 Å². The summed E-state index contributed by atoms with van der Waals surface area (Å²) in [4.78, 5) is 12.1. The van der Waals surface area contributed by atoms with Gasteiger partial charge in [0, 0.05) is 22.6 Å². The van der Waals surface area contributed by atoms with Crippen molar-refractivity contribution in [2.75, 3.05) is 5.32 Å². The summed E-state index contributed by atoms with van der Waals surface area (Å²) in [5.41, 5.74) is 1.96. The summed E-state index contributed by atoms with van der Waals surface area (Å²) in [6.45, 7) is 2.55. The van der Waals surface area contributed by atoms with Gasteiger partial charge in [-0.2, -0.15) is 8.78 Å². The molecule has 2 aromatic rings. The Morgan fingerprint density at radius 2 is 1.82 bits per heavy atom. The first-order valence-corrected chi connectivity index (χ1v) is 7.28.